The Bertz CT molecular complexity index is 3350. The van der Waals surface area contributed by atoms with Crippen LogP contribution in [0.15, 0.2) is 176 Å². The SMILES string of the molecule is CC1(C)c2ccccc2-c2ccc(-n3c4ccccc4c4c5c6ccccc6n(-c6ccc7c(c6)c6ccccc6n7-c6ccccc6)c5ccc43)cc21. The van der Waals surface area contributed by atoms with Crippen molar-refractivity contribution in [2.24, 2.45) is 0 Å². The number of para-hydroxylation sites is 4. The zero-order valence-corrected chi connectivity index (χ0v) is 30.1. The summed E-state index contributed by atoms with van der Waals surface area (Å²) in [7, 11) is 0. The van der Waals surface area contributed by atoms with Crippen molar-refractivity contribution in [3.8, 4) is 28.2 Å². The summed E-state index contributed by atoms with van der Waals surface area (Å²) >= 11 is 0. The topological polar surface area (TPSA) is 14.8 Å². The van der Waals surface area contributed by atoms with Crippen LogP contribution in [0.25, 0.3) is 93.6 Å². The summed E-state index contributed by atoms with van der Waals surface area (Å²) in [5.41, 5.74) is 16.2. The zero-order chi connectivity index (χ0) is 35.7. The highest BCUT2D eigenvalue weighted by atomic mass is 15.0. The maximum absolute atomic E-state index is 2.49. The molecule has 0 radical (unpaired) electrons. The lowest BCUT2D eigenvalue weighted by molar-refractivity contribution is 0.660. The number of fused-ring (bicyclic) bond motifs is 13. The Labute approximate surface area is 312 Å². The highest BCUT2D eigenvalue weighted by molar-refractivity contribution is 6.29. The molecule has 0 unspecified atom stereocenters. The first-order chi connectivity index (χ1) is 26.6. The van der Waals surface area contributed by atoms with Crippen molar-refractivity contribution < 1.29 is 0 Å². The van der Waals surface area contributed by atoms with Gasteiger partial charge in [0, 0.05) is 54.8 Å². The minimum atomic E-state index is -0.0735. The first-order valence-electron chi connectivity index (χ1n) is 18.9. The molecule has 0 bridgehead atoms. The third-order valence-corrected chi connectivity index (χ3v) is 12.2. The van der Waals surface area contributed by atoms with Gasteiger partial charge in [-0.3, -0.25) is 0 Å². The Morgan fingerprint density at radius 3 is 1.46 bits per heavy atom. The third-order valence-electron chi connectivity index (χ3n) is 12.2. The van der Waals surface area contributed by atoms with Crippen LogP contribution in [0.4, 0.5) is 0 Å². The van der Waals surface area contributed by atoms with Gasteiger partial charge in [0.2, 0.25) is 0 Å². The van der Waals surface area contributed by atoms with Gasteiger partial charge in [0.05, 0.1) is 33.1 Å². The van der Waals surface area contributed by atoms with Crippen LogP contribution in [0.3, 0.4) is 0 Å². The first kappa shape index (κ1) is 29.7. The van der Waals surface area contributed by atoms with E-state index in [1.807, 2.05) is 0 Å². The van der Waals surface area contributed by atoms with Gasteiger partial charge in [-0.2, -0.15) is 0 Å². The van der Waals surface area contributed by atoms with Crippen LogP contribution in [-0.4, -0.2) is 13.7 Å². The number of nitrogens with zero attached hydrogens (tertiary/aromatic N) is 3. The summed E-state index contributed by atoms with van der Waals surface area (Å²) in [6, 6.07) is 65.0. The molecule has 3 heterocycles. The summed E-state index contributed by atoms with van der Waals surface area (Å²) in [6.45, 7) is 4.73. The average Bonchev–Trinajstić information content (AvgIpc) is 3.91. The van der Waals surface area contributed by atoms with Crippen molar-refractivity contribution in [1.82, 2.24) is 13.7 Å². The highest BCUT2D eigenvalue weighted by Gasteiger charge is 2.35. The standard InChI is InChI=1S/C51H35N3/c1-51(2)41-20-10-6-16-35(41)36-26-24-34(31-42(36)51)54-45-23-13-9-19-39(45)50-48(54)29-28-47-49(50)38-18-8-12-22-44(38)53(47)33-25-27-46-40(30-33)37-17-7-11-21-43(37)52(46)32-14-4-3-5-15-32/h3-31H,1-2H3. The smallest absolute Gasteiger partial charge is 0.0548 e. The van der Waals surface area contributed by atoms with Crippen molar-refractivity contribution in [2.75, 3.05) is 0 Å². The second kappa shape index (κ2) is 10.6. The largest absolute Gasteiger partial charge is 0.309 e. The summed E-state index contributed by atoms with van der Waals surface area (Å²) < 4.78 is 7.34. The Kier molecular flexibility index (Phi) is 5.84. The van der Waals surface area contributed by atoms with Gasteiger partial charge in [0.1, 0.15) is 0 Å². The van der Waals surface area contributed by atoms with Crippen LogP contribution in [0, 0.1) is 0 Å². The minimum Gasteiger partial charge on any atom is -0.309 e. The Morgan fingerprint density at radius 1 is 0.315 bits per heavy atom. The molecule has 11 aromatic rings. The number of hydrogen-bond donors (Lipinski definition) is 0. The molecule has 254 valence electrons. The Morgan fingerprint density at radius 2 is 0.778 bits per heavy atom. The molecular weight excluding hydrogens is 655 g/mol. The van der Waals surface area contributed by atoms with Crippen LogP contribution in [0.2, 0.25) is 0 Å². The van der Waals surface area contributed by atoms with E-state index in [1.165, 1.54) is 99.0 Å². The Balaban J connectivity index is 1.13. The predicted octanol–water partition coefficient (Wildman–Crippen LogP) is 13.3. The molecule has 3 aromatic heterocycles. The van der Waals surface area contributed by atoms with Crippen LogP contribution in [-0.2, 0) is 5.41 Å². The maximum Gasteiger partial charge on any atom is 0.0548 e. The van der Waals surface area contributed by atoms with Crippen LogP contribution in [0.5, 0.6) is 0 Å². The summed E-state index contributed by atoms with van der Waals surface area (Å²) in [5, 5.41) is 7.62. The molecule has 0 atom stereocenters. The van der Waals surface area contributed by atoms with Gasteiger partial charge < -0.3 is 13.7 Å². The molecule has 12 rings (SSSR count). The second-order valence-electron chi connectivity index (χ2n) is 15.3. The molecule has 1 aliphatic carbocycles. The fourth-order valence-electron chi connectivity index (χ4n) is 9.86. The maximum atomic E-state index is 2.49. The van der Waals surface area contributed by atoms with Gasteiger partial charge in [-0.15, -0.1) is 0 Å². The van der Waals surface area contributed by atoms with Gasteiger partial charge in [-0.25, -0.2) is 0 Å². The molecule has 0 amide bonds. The van der Waals surface area contributed by atoms with Gasteiger partial charge in [0.25, 0.3) is 0 Å². The molecule has 8 aromatic carbocycles. The molecule has 0 saturated heterocycles. The highest BCUT2D eigenvalue weighted by Crippen LogP contribution is 2.50. The molecule has 0 fully saturated rings. The molecule has 54 heavy (non-hydrogen) atoms. The molecule has 0 N–H and O–H groups in total. The van der Waals surface area contributed by atoms with Crippen molar-refractivity contribution in [3.63, 3.8) is 0 Å². The van der Waals surface area contributed by atoms with E-state index in [4.69, 9.17) is 0 Å². The fourth-order valence-corrected chi connectivity index (χ4v) is 9.86. The summed E-state index contributed by atoms with van der Waals surface area (Å²) in [5.74, 6) is 0. The quantitative estimate of drug-likeness (QED) is 0.175. The van der Waals surface area contributed by atoms with E-state index in [9.17, 15) is 0 Å². The monoisotopic (exact) mass is 689 g/mol. The van der Waals surface area contributed by atoms with Crippen molar-refractivity contribution >= 4 is 65.4 Å². The zero-order valence-electron chi connectivity index (χ0n) is 30.1. The molecule has 3 nitrogen and oxygen atoms in total. The van der Waals surface area contributed by atoms with E-state index >= 15 is 0 Å². The molecule has 1 aliphatic rings. The van der Waals surface area contributed by atoms with Crippen LogP contribution < -0.4 is 0 Å². The molecular formula is C51H35N3. The van der Waals surface area contributed by atoms with Crippen LogP contribution in [0.1, 0.15) is 25.0 Å². The lowest BCUT2D eigenvalue weighted by Gasteiger charge is -2.22. The number of aromatic nitrogens is 3. The number of rotatable bonds is 3. The normalized spacial score (nSPS) is 13.5. The van der Waals surface area contributed by atoms with Gasteiger partial charge >= 0.3 is 0 Å². The van der Waals surface area contributed by atoms with Crippen molar-refractivity contribution in [3.05, 3.63) is 187 Å². The van der Waals surface area contributed by atoms with Gasteiger partial charge in [-0.1, -0.05) is 117 Å². The Hall–Kier alpha value is -6.84. The molecule has 0 aliphatic heterocycles. The summed E-state index contributed by atoms with van der Waals surface area (Å²) in [6.07, 6.45) is 0. The summed E-state index contributed by atoms with van der Waals surface area (Å²) in [4.78, 5) is 0. The minimum absolute atomic E-state index is 0.0735. The lowest BCUT2D eigenvalue weighted by Crippen LogP contribution is -2.15. The van der Waals surface area contributed by atoms with E-state index in [2.05, 4.69) is 203 Å². The van der Waals surface area contributed by atoms with E-state index in [-0.39, 0.29) is 5.41 Å². The van der Waals surface area contributed by atoms with E-state index < -0.39 is 0 Å². The first-order valence-corrected chi connectivity index (χ1v) is 18.9. The predicted molar refractivity (Wildman–Crippen MR) is 227 cm³/mol. The van der Waals surface area contributed by atoms with Crippen molar-refractivity contribution in [2.45, 2.75) is 19.3 Å². The second-order valence-corrected chi connectivity index (χ2v) is 15.3. The average molecular weight is 690 g/mol. The van der Waals surface area contributed by atoms with E-state index in [0.29, 0.717) is 0 Å². The molecule has 0 spiro atoms. The molecule has 3 heteroatoms. The molecule has 0 saturated carbocycles. The fraction of sp³-hybridized carbons (Fsp3) is 0.0588. The number of hydrogen-bond acceptors (Lipinski definition) is 0. The van der Waals surface area contributed by atoms with E-state index in [1.54, 1.807) is 0 Å². The third kappa shape index (κ3) is 3.80. The van der Waals surface area contributed by atoms with Crippen molar-refractivity contribution in [1.29, 1.82) is 0 Å². The van der Waals surface area contributed by atoms with Gasteiger partial charge in [-0.05, 0) is 95.1 Å². The lowest BCUT2D eigenvalue weighted by atomic mass is 9.82. The van der Waals surface area contributed by atoms with Gasteiger partial charge in [0.15, 0.2) is 0 Å². The number of benzene rings is 8. The van der Waals surface area contributed by atoms with E-state index in [0.717, 1.165) is 5.69 Å². The van der Waals surface area contributed by atoms with Crippen LogP contribution >= 0.6 is 0 Å².